The van der Waals surface area contributed by atoms with Gasteiger partial charge in [-0.2, -0.15) is 0 Å². The van der Waals surface area contributed by atoms with Crippen molar-refractivity contribution in [1.82, 2.24) is 4.98 Å². The van der Waals surface area contributed by atoms with Crippen molar-refractivity contribution in [2.45, 2.75) is 38.9 Å². The molecular weight excluding hydrogens is 347 g/mol. The molecule has 1 aromatic heterocycles. The Hall–Kier alpha value is -2.63. The zero-order valence-electron chi connectivity index (χ0n) is 16.8. The number of hydrogen-bond donors (Lipinski definition) is 0. The summed E-state index contributed by atoms with van der Waals surface area (Å²) >= 11 is 0. The van der Waals surface area contributed by atoms with Crippen molar-refractivity contribution < 1.29 is 9.31 Å². The number of pyridine rings is 1. The normalized spacial score (nSPS) is 17.5. The standard InChI is InChI=1S/C23H25BN2O2/c1-22(2)23(3,4)28-24(27-22)21-16-15-20(17-25-21)26(18-11-7-5-8-12-18)19-13-9-6-10-14-19/h5-17H,1-4H3. The third-order valence-corrected chi connectivity index (χ3v) is 5.55. The molecule has 4 nitrogen and oxygen atoms in total. The molecule has 0 bridgehead atoms. The molecule has 1 saturated heterocycles. The summed E-state index contributed by atoms with van der Waals surface area (Å²) in [5, 5.41) is 0. The van der Waals surface area contributed by atoms with E-state index in [1.807, 2.05) is 76.4 Å². The third-order valence-electron chi connectivity index (χ3n) is 5.55. The van der Waals surface area contributed by atoms with E-state index in [1.54, 1.807) is 0 Å². The van der Waals surface area contributed by atoms with Gasteiger partial charge in [-0.25, -0.2) is 0 Å². The van der Waals surface area contributed by atoms with Crippen LogP contribution in [0.15, 0.2) is 79.0 Å². The van der Waals surface area contributed by atoms with E-state index in [0.29, 0.717) is 0 Å². The molecule has 5 heteroatoms. The molecule has 2 aromatic carbocycles. The molecule has 0 atom stereocenters. The second kappa shape index (κ2) is 7.08. The summed E-state index contributed by atoms with van der Waals surface area (Å²) < 4.78 is 12.2. The predicted octanol–water partition coefficient (Wildman–Crippen LogP) is 4.85. The van der Waals surface area contributed by atoms with E-state index in [0.717, 1.165) is 22.7 Å². The average Bonchev–Trinajstić information content (AvgIpc) is 2.92. The number of aromatic nitrogens is 1. The molecule has 0 aliphatic carbocycles. The molecule has 142 valence electrons. The van der Waals surface area contributed by atoms with E-state index in [-0.39, 0.29) is 11.2 Å². The van der Waals surface area contributed by atoms with Gasteiger partial charge in [0.2, 0.25) is 0 Å². The van der Waals surface area contributed by atoms with E-state index in [4.69, 9.17) is 9.31 Å². The molecule has 3 aromatic rings. The van der Waals surface area contributed by atoms with Crippen LogP contribution in [-0.4, -0.2) is 23.3 Å². The quantitative estimate of drug-likeness (QED) is 0.613. The first-order chi connectivity index (χ1) is 13.4. The SMILES string of the molecule is CC1(C)OB(c2ccc(N(c3ccccc3)c3ccccc3)cn2)OC1(C)C. The Bertz CT molecular complexity index is 872. The summed E-state index contributed by atoms with van der Waals surface area (Å²) in [6, 6.07) is 24.6. The van der Waals surface area contributed by atoms with Gasteiger partial charge in [-0.1, -0.05) is 36.4 Å². The summed E-state index contributed by atoms with van der Waals surface area (Å²) in [7, 11) is -0.457. The van der Waals surface area contributed by atoms with Crippen LogP contribution in [0, 0.1) is 0 Å². The number of nitrogens with zero attached hydrogens (tertiary/aromatic N) is 2. The lowest BCUT2D eigenvalue weighted by Crippen LogP contribution is -2.41. The van der Waals surface area contributed by atoms with Crippen LogP contribution in [0.4, 0.5) is 17.1 Å². The van der Waals surface area contributed by atoms with Crippen molar-refractivity contribution in [2.24, 2.45) is 0 Å². The molecular formula is C23H25BN2O2. The maximum Gasteiger partial charge on any atom is 0.514 e. The number of rotatable bonds is 4. The van der Waals surface area contributed by atoms with Gasteiger partial charge in [0.25, 0.3) is 0 Å². The van der Waals surface area contributed by atoms with E-state index < -0.39 is 7.12 Å². The van der Waals surface area contributed by atoms with Gasteiger partial charge in [0.05, 0.1) is 28.7 Å². The fourth-order valence-electron chi connectivity index (χ4n) is 3.23. The van der Waals surface area contributed by atoms with Crippen LogP contribution in [0.25, 0.3) is 0 Å². The van der Waals surface area contributed by atoms with Crippen LogP contribution in [-0.2, 0) is 9.31 Å². The first kappa shape index (κ1) is 18.7. The number of benzene rings is 2. The highest BCUT2D eigenvalue weighted by molar-refractivity contribution is 6.61. The fourth-order valence-corrected chi connectivity index (χ4v) is 3.23. The fraction of sp³-hybridized carbons (Fsp3) is 0.261. The Morgan fingerprint density at radius 1 is 0.679 bits per heavy atom. The monoisotopic (exact) mass is 372 g/mol. The average molecular weight is 372 g/mol. The second-order valence-electron chi connectivity index (χ2n) is 8.04. The van der Waals surface area contributed by atoms with Crippen LogP contribution in [0.5, 0.6) is 0 Å². The molecule has 2 heterocycles. The van der Waals surface area contributed by atoms with Crippen molar-refractivity contribution in [1.29, 1.82) is 0 Å². The number of hydrogen-bond acceptors (Lipinski definition) is 4. The molecule has 1 aliphatic heterocycles. The Morgan fingerprint density at radius 3 is 1.61 bits per heavy atom. The first-order valence-corrected chi connectivity index (χ1v) is 9.59. The highest BCUT2D eigenvalue weighted by Gasteiger charge is 2.52. The zero-order valence-corrected chi connectivity index (χ0v) is 16.8. The Kier molecular flexibility index (Phi) is 4.73. The van der Waals surface area contributed by atoms with E-state index in [2.05, 4.69) is 40.2 Å². The van der Waals surface area contributed by atoms with Crippen LogP contribution in [0.2, 0.25) is 0 Å². The third kappa shape index (κ3) is 3.43. The van der Waals surface area contributed by atoms with Crippen molar-refractivity contribution in [2.75, 3.05) is 4.90 Å². The maximum atomic E-state index is 6.12. The summed E-state index contributed by atoms with van der Waals surface area (Å²) in [5.74, 6) is 0. The molecule has 28 heavy (non-hydrogen) atoms. The number of anilines is 3. The van der Waals surface area contributed by atoms with E-state index >= 15 is 0 Å². The molecule has 0 unspecified atom stereocenters. The van der Waals surface area contributed by atoms with Crippen molar-refractivity contribution in [3.05, 3.63) is 79.0 Å². The summed E-state index contributed by atoms with van der Waals surface area (Å²) in [6.45, 7) is 8.20. The van der Waals surface area contributed by atoms with Gasteiger partial charge >= 0.3 is 7.12 Å². The summed E-state index contributed by atoms with van der Waals surface area (Å²) in [5.41, 5.74) is 3.18. The molecule has 4 rings (SSSR count). The molecule has 0 amide bonds. The Morgan fingerprint density at radius 2 is 1.18 bits per heavy atom. The lowest BCUT2D eigenvalue weighted by Gasteiger charge is -2.32. The topological polar surface area (TPSA) is 34.6 Å². The van der Waals surface area contributed by atoms with Gasteiger partial charge in [0.1, 0.15) is 0 Å². The van der Waals surface area contributed by atoms with Gasteiger partial charge in [-0.05, 0) is 64.1 Å². The summed E-state index contributed by atoms with van der Waals surface area (Å²) in [6.07, 6.45) is 1.88. The highest BCUT2D eigenvalue weighted by Crippen LogP contribution is 2.37. The predicted molar refractivity (Wildman–Crippen MR) is 115 cm³/mol. The first-order valence-electron chi connectivity index (χ1n) is 9.59. The minimum absolute atomic E-state index is 0.377. The zero-order chi connectivity index (χ0) is 19.8. The van der Waals surface area contributed by atoms with Crippen LogP contribution in [0.1, 0.15) is 27.7 Å². The Balaban J connectivity index is 1.66. The number of para-hydroxylation sites is 2. The maximum absolute atomic E-state index is 6.12. The van der Waals surface area contributed by atoms with E-state index in [9.17, 15) is 0 Å². The molecule has 0 N–H and O–H groups in total. The highest BCUT2D eigenvalue weighted by atomic mass is 16.7. The van der Waals surface area contributed by atoms with Crippen molar-refractivity contribution >= 4 is 29.8 Å². The molecule has 0 spiro atoms. The lowest BCUT2D eigenvalue weighted by molar-refractivity contribution is 0.00578. The van der Waals surface area contributed by atoms with Crippen LogP contribution >= 0.6 is 0 Å². The molecule has 1 aliphatic rings. The lowest BCUT2D eigenvalue weighted by atomic mass is 9.84. The van der Waals surface area contributed by atoms with Crippen LogP contribution < -0.4 is 10.5 Å². The van der Waals surface area contributed by atoms with Gasteiger partial charge < -0.3 is 14.2 Å². The Labute approximate surface area is 167 Å². The van der Waals surface area contributed by atoms with Gasteiger partial charge in [-0.15, -0.1) is 0 Å². The second-order valence-corrected chi connectivity index (χ2v) is 8.04. The van der Waals surface area contributed by atoms with E-state index in [1.165, 1.54) is 0 Å². The van der Waals surface area contributed by atoms with Crippen LogP contribution in [0.3, 0.4) is 0 Å². The van der Waals surface area contributed by atoms with Crippen molar-refractivity contribution in [3.63, 3.8) is 0 Å². The molecule has 0 radical (unpaired) electrons. The van der Waals surface area contributed by atoms with Gasteiger partial charge in [-0.3, -0.25) is 4.98 Å². The minimum Gasteiger partial charge on any atom is -0.398 e. The minimum atomic E-state index is -0.457. The van der Waals surface area contributed by atoms with Gasteiger partial charge in [0, 0.05) is 11.4 Å². The summed E-state index contributed by atoms with van der Waals surface area (Å²) in [4.78, 5) is 6.85. The largest absolute Gasteiger partial charge is 0.514 e. The molecule has 1 fully saturated rings. The van der Waals surface area contributed by atoms with Gasteiger partial charge in [0.15, 0.2) is 0 Å². The smallest absolute Gasteiger partial charge is 0.398 e. The molecule has 0 saturated carbocycles. The van der Waals surface area contributed by atoms with Crippen molar-refractivity contribution in [3.8, 4) is 0 Å².